The van der Waals surface area contributed by atoms with E-state index in [1.165, 1.54) is 0 Å². The van der Waals surface area contributed by atoms with Gasteiger partial charge in [0.25, 0.3) is 0 Å². The van der Waals surface area contributed by atoms with Crippen LogP contribution in [0.1, 0.15) is 17.1 Å². The maximum atomic E-state index is 12.5. The van der Waals surface area contributed by atoms with Crippen molar-refractivity contribution in [1.82, 2.24) is 24.5 Å². The number of anilines is 2. The standard InChI is InChI=1S/C15H25N7O2S/c1-10-9-13(21(4)5)19-15(18-10)16-7-8-17-25(23,24)14-11(2)20-22(6)12(14)3/h9,17H,7-8H2,1-6H3,(H,16,18,19). The molecule has 2 N–H and O–H groups in total. The number of aromatic nitrogens is 4. The van der Waals surface area contributed by atoms with Crippen molar-refractivity contribution in [3.05, 3.63) is 23.1 Å². The zero-order chi connectivity index (χ0) is 18.8. The number of aryl methyl sites for hydroxylation is 3. The Balaban J connectivity index is 1.99. The van der Waals surface area contributed by atoms with E-state index in [-0.39, 0.29) is 11.4 Å². The number of rotatable bonds is 7. The smallest absolute Gasteiger partial charge is 0.244 e. The fourth-order valence-electron chi connectivity index (χ4n) is 2.44. The van der Waals surface area contributed by atoms with Gasteiger partial charge in [-0.2, -0.15) is 10.1 Å². The first-order valence-corrected chi connectivity index (χ1v) is 9.37. The lowest BCUT2D eigenvalue weighted by Gasteiger charge is -2.14. The third kappa shape index (κ3) is 4.45. The van der Waals surface area contributed by atoms with Crippen molar-refractivity contribution in [3.63, 3.8) is 0 Å². The van der Waals surface area contributed by atoms with Crippen molar-refractivity contribution in [2.75, 3.05) is 37.4 Å². The molecular formula is C15H25N7O2S. The molecule has 2 rings (SSSR count). The molecule has 9 nitrogen and oxygen atoms in total. The van der Waals surface area contributed by atoms with Crippen molar-refractivity contribution < 1.29 is 8.42 Å². The Labute approximate surface area is 148 Å². The van der Waals surface area contributed by atoms with E-state index < -0.39 is 10.0 Å². The normalized spacial score (nSPS) is 11.6. The molecule has 138 valence electrons. The van der Waals surface area contributed by atoms with E-state index in [0.29, 0.717) is 23.9 Å². The predicted molar refractivity (Wildman–Crippen MR) is 97.5 cm³/mol. The molecule has 0 amide bonds. The number of hydrogen-bond acceptors (Lipinski definition) is 7. The highest BCUT2D eigenvalue weighted by molar-refractivity contribution is 7.89. The Hall–Kier alpha value is -2.20. The number of sulfonamides is 1. The molecule has 0 aliphatic heterocycles. The topological polar surface area (TPSA) is 105 Å². The van der Waals surface area contributed by atoms with Gasteiger partial charge in [0.15, 0.2) is 0 Å². The van der Waals surface area contributed by atoms with Gasteiger partial charge in [0.2, 0.25) is 16.0 Å². The monoisotopic (exact) mass is 367 g/mol. The van der Waals surface area contributed by atoms with Crippen molar-refractivity contribution in [3.8, 4) is 0 Å². The first-order valence-electron chi connectivity index (χ1n) is 7.88. The summed E-state index contributed by atoms with van der Waals surface area (Å²) < 4.78 is 29.1. The van der Waals surface area contributed by atoms with Crippen LogP contribution in [0.2, 0.25) is 0 Å². The van der Waals surface area contributed by atoms with Crippen LogP contribution in [-0.4, -0.2) is 55.4 Å². The summed E-state index contributed by atoms with van der Waals surface area (Å²) in [6, 6.07) is 1.88. The number of hydrogen-bond donors (Lipinski definition) is 2. The van der Waals surface area contributed by atoms with E-state index >= 15 is 0 Å². The molecule has 2 aromatic heterocycles. The molecule has 2 heterocycles. The summed E-state index contributed by atoms with van der Waals surface area (Å²) in [7, 11) is 1.92. The summed E-state index contributed by atoms with van der Waals surface area (Å²) in [6.07, 6.45) is 0. The zero-order valence-corrected chi connectivity index (χ0v) is 16.3. The highest BCUT2D eigenvalue weighted by Gasteiger charge is 2.23. The minimum atomic E-state index is -3.61. The summed E-state index contributed by atoms with van der Waals surface area (Å²) in [5, 5.41) is 7.19. The molecule has 0 saturated heterocycles. The Bertz CT molecular complexity index is 859. The summed E-state index contributed by atoms with van der Waals surface area (Å²) in [4.78, 5) is 10.8. The van der Waals surface area contributed by atoms with Gasteiger partial charge in [-0.05, 0) is 20.8 Å². The highest BCUT2D eigenvalue weighted by Crippen LogP contribution is 2.18. The van der Waals surface area contributed by atoms with E-state index in [4.69, 9.17) is 0 Å². The second-order valence-electron chi connectivity index (χ2n) is 6.03. The van der Waals surface area contributed by atoms with Gasteiger partial charge in [0.1, 0.15) is 10.7 Å². The van der Waals surface area contributed by atoms with Gasteiger partial charge in [-0.25, -0.2) is 18.1 Å². The largest absolute Gasteiger partial charge is 0.363 e. The predicted octanol–water partition coefficient (Wildman–Crippen LogP) is 0.592. The second-order valence-corrected chi connectivity index (χ2v) is 7.74. The fourth-order valence-corrected chi connectivity index (χ4v) is 3.90. The van der Waals surface area contributed by atoms with Gasteiger partial charge in [0.05, 0.1) is 11.4 Å². The van der Waals surface area contributed by atoms with Crippen molar-refractivity contribution >= 4 is 21.8 Å². The zero-order valence-electron chi connectivity index (χ0n) is 15.5. The van der Waals surface area contributed by atoms with E-state index in [2.05, 4.69) is 25.1 Å². The van der Waals surface area contributed by atoms with E-state index in [0.717, 1.165) is 11.5 Å². The van der Waals surface area contributed by atoms with Gasteiger partial charge in [-0.15, -0.1) is 0 Å². The molecule has 10 heteroatoms. The Morgan fingerprint density at radius 3 is 2.40 bits per heavy atom. The van der Waals surface area contributed by atoms with Gasteiger partial charge in [-0.1, -0.05) is 0 Å². The van der Waals surface area contributed by atoms with Gasteiger partial charge < -0.3 is 10.2 Å². The molecule has 0 radical (unpaired) electrons. The minimum Gasteiger partial charge on any atom is -0.363 e. The van der Waals surface area contributed by atoms with E-state index in [9.17, 15) is 8.42 Å². The average Bonchev–Trinajstić information content (AvgIpc) is 2.76. The maximum Gasteiger partial charge on any atom is 0.244 e. The first kappa shape index (κ1) is 19.1. The van der Waals surface area contributed by atoms with Crippen molar-refractivity contribution in [2.45, 2.75) is 25.7 Å². The molecular weight excluding hydrogens is 342 g/mol. The third-order valence-electron chi connectivity index (χ3n) is 3.71. The lowest BCUT2D eigenvalue weighted by Crippen LogP contribution is -2.30. The summed E-state index contributed by atoms with van der Waals surface area (Å²) in [5.74, 6) is 1.26. The summed E-state index contributed by atoms with van der Waals surface area (Å²) >= 11 is 0. The van der Waals surface area contributed by atoms with Crippen LogP contribution in [0.25, 0.3) is 0 Å². The van der Waals surface area contributed by atoms with Crippen LogP contribution in [0, 0.1) is 20.8 Å². The highest BCUT2D eigenvalue weighted by atomic mass is 32.2. The van der Waals surface area contributed by atoms with Crippen LogP contribution < -0.4 is 14.9 Å². The number of nitrogens with zero attached hydrogens (tertiary/aromatic N) is 5. The van der Waals surface area contributed by atoms with Crippen LogP contribution in [0.5, 0.6) is 0 Å². The molecule has 0 bridgehead atoms. The van der Waals surface area contributed by atoms with Gasteiger partial charge >= 0.3 is 0 Å². The number of nitrogens with one attached hydrogen (secondary N) is 2. The van der Waals surface area contributed by atoms with Crippen LogP contribution >= 0.6 is 0 Å². The molecule has 2 aromatic rings. The molecule has 0 spiro atoms. The van der Waals surface area contributed by atoms with Crippen molar-refractivity contribution in [1.29, 1.82) is 0 Å². The molecule has 0 aliphatic rings. The van der Waals surface area contributed by atoms with Gasteiger partial charge in [-0.3, -0.25) is 4.68 Å². The average molecular weight is 367 g/mol. The van der Waals surface area contributed by atoms with Gasteiger partial charge in [0, 0.05) is 46.0 Å². The lowest BCUT2D eigenvalue weighted by molar-refractivity contribution is 0.581. The Morgan fingerprint density at radius 2 is 1.84 bits per heavy atom. The fraction of sp³-hybridized carbons (Fsp3) is 0.533. The first-order chi connectivity index (χ1) is 11.6. The van der Waals surface area contributed by atoms with Crippen LogP contribution in [0.4, 0.5) is 11.8 Å². The summed E-state index contributed by atoms with van der Waals surface area (Å²) in [6.45, 7) is 5.88. The summed E-state index contributed by atoms with van der Waals surface area (Å²) in [5.41, 5.74) is 1.93. The van der Waals surface area contributed by atoms with Crippen LogP contribution in [0.3, 0.4) is 0 Å². The molecule has 0 saturated carbocycles. The second kappa shape index (κ2) is 7.36. The maximum absolute atomic E-state index is 12.5. The molecule has 0 atom stereocenters. The quantitative estimate of drug-likeness (QED) is 0.690. The minimum absolute atomic E-state index is 0.213. The third-order valence-corrected chi connectivity index (χ3v) is 5.42. The SMILES string of the molecule is Cc1cc(N(C)C)nc(NCCNS(=O)(=O)c2c(C)nn(C)c2C)n1. The molecule has 0 unspecified atom stereocenters. The van der Waals surface area contributed by atoms with Crippen LogP contribution in [0.15, 0.2) is 11.0 Å². The van der Waals surface area contributed by atoms with E-state index in [1.807, 2.05) is 32.0 Å². The Morgan fingerprint density at radius 1 is 1.16 bits per heavy atom. The van der Waals surface area contributed by atoms with E-state index in [1.54, 1.807) is 25.6 Å². The van der Waals surface area contributed by atoms with Crippen molar-refractivity contribution in [2.24, 2.45) is 7.05 Å². The molecule has 0 aromatic carbocycles. The molecule has 0 fully saturated rings. The molecule has 25 heavy (non-hydrogen) atoms. The van der Waals surface area contributed by atoms with Crippen LogP contribution in [-0.2, 0) is 17.1 Å². The Kier molecular flexibility index (Phi) is 5.63. The lowest BCUT2D eigenvalue weighted by atomic mass is 10.4. The molecule has 0 aliphatic carbocycles.